The number of ether oxygens (including phenoxy) is 1. The predicted molar refractivity (Wildman–Crippen MR) is 69.1 cm³/mol. The van der Waals surface area contributed by atoms with Crippen molar-refractivity contribution in [3.8, 4) is 0 Å². The van der Waals surface area contributed by atoms with Crippen LogP contribution in [0.1, 0.15) is 33.6 Å². The lowest BCUT2D eigenvalue weighted by molar-refractivity contribution is -0.152. The summed E-state index contributed by atoms with van der Waals surface area (Å²) in [5.41, 5.74) is 4.88. The van der Waals surface area contributed by atoms with Gasteiger partial charge in [-0.2, -0.15) is 13.2 Å². The zero-order valence-electron chi connectivity index (χ0n) is 12.2. The molecule has 1 saturated heterocycles. The molecule has 0 spiro atoms. The number of likely N-dealkylation sites (tertiary alicyclic amines) is 1. The summed E-state index contributed by atoms with van der Waals surface area (Å²) in [6.45, 7) is 5.84. The highest BCUT2D eigenvalue weighted by Crippen LogP contribution is 2.33. The van der Waals surface area contributed by atoms with Gasteiger partial charge in [-0.3, -0.25) is 0 Å². The number of carbonyl (C=O) groups is 1. The van der Waals surface area contributed by atoms with Gasteiger partial charge in [0.25, 0.3) is 0 Å². The highest BCUT2D eigenvalue weighted by Gasteiger charge is 2.39. The molecule has 0 aromatic heterocycles. The number of hydrogen-bond donors (Lipinski definition) is 1. The van der Waals surface area contributed by atoms with Crippen molar-refractivity contribution in [3.63, 3.8) is 0 Å². The topological polar surface area (TPSA) is 55.6 Å². The highest BCUT2D eigenvalue weighted by molar-refractivity contribution is 5.68. The number of nitrogens with zero attached hydrogens (tertiary/aromatic N) is 1. The fraction of sp³-hybridized carbons (Fsp3) is 0.923. The minimum Gasteiger partial charge on any atom is -0.444 e. The maximum atomic E-state index is 12.6. The van der Waals surface area contributed by atoms with Gasteiger partial charge < -0.3 is 15.4 Å². The molecule has 2 unspecified atom stereocenters. The molecule has 0 aliphatic carbocycles. The molecule has 2 N–H and O–H groups in total. The number of hydrogen-bond acceptors (Lipinski definition) is 3. The van der Waals surface area contributed by atoms with Gasteiger partial charge in [-0.25, -0.2) is 4.79 Å². The molecule has 2 atom stereocenters. The summed E-state index contributed by atoms with van der Waals surface area (Å²) in [5.74, 6) is -0.850. The van der Waals surface area contributed by atoms with Crippen molar-refractivity contribution >= 4 is 6.09 Å². The third kappa shape index (κ3) is 5.56. The molecule has 0 radical (unpaired) electrons. The zero-order chi connectivity index (χ0) is 15.6. The quantitative estimate of drug-likeness (QED) is 0.852. The van der Waals surface area contributed by atoms with Crippen LogP contribution in [-0.4, -0.2) is 42.4 Å². The van der Waals surface area contributed by atoms with Gasteiger partial charge in [-0.15, -0.1) is 0 Å². The molecule has 0 aromatic carbocycles. The van der Waals surface area contributed by atoms with Gasteiger partial charge in [0.2, 0.25) is 0 Å². The second-order valence-electron chi connectivity index (χ2n) is 6.29. The van der Waals surface area contributed by atoms with E-state index in [2.05, 4.69) is 0 Å². The predicted octanol–water partition coefficient (Wildman–Crippen LogP) is 2.77. The van der Waals surface area contributed by atoms with Crippen molar-refractivity contribution in [3.05, 3.63) is 0 Å². The summed E-state index contributed by atoms with van der Waals surface area (Å²) in [5, 5.41) is 0. The molecule has 1 rings (SSSR count). The number of alkyl halides is 3. The van der Waals surface area contributed by atoms with Crippen LogP contribution in [0.2, 0.25) is 0 Å². The Labute approximate surface area is 117 Å². The molecular weight excluding hydrogens is 273 g/mol. The molecule has 1 aliphatic heterocycles. The van der Waals surface area contributed by atoms with Crippen LogP contribution in [0, 0.1) is 11.8 Å². The van der Waals surface area contributed by atoms with E-state index in [9.17, 15) is 18.0 Å². The van der Waals surface area contributed by atoms with Gasteiger partial charge >= 0.3 is 12.3 Å². The SMILES string of the molecule is CC(C)(C)OC(=O)N1CCC(CN)C(CC(F)(F)F)C1. The number of halogens is 3. The molecule has 0 aromatic rings. The smallest absolute Gasteiger partial charge is 0.410 e. The molecule has 1 heterocycles. The van der Waals surface area contributed by atoms with Gasteiger partial charge in [0, 0.05) is 19.5 Å². The molecule has 1 aliphatic rings. The first-order valence-corrected chi connectivity index (χ1v) is 6.76. The Balaban J connectivity index is 2.67. The van der Waals surface area contributed by atoms with E-state index in [1.54, 1.807) is 20.8 Å². The van der Waals surface area contributed by atoms with Crippen molar-refractivity contribution in [2.75, 3.05) is 19.6 Å². The molecule has 7 heteroatoms. The molecule has 20 heavy (non-hydrogen) atoms. The summed E-state index contributed by atoms with van der Waals surface area (Å²) in [4.78, 5) is 13.3. The fourth-order valence-corrected chi connectivity index (χ4v) is 2.41. The van der Waals surface area contributed by atoms with Crippen molar-refractivity contribution in [1.82, 2.24) is 4.90 Å². The van der Waals surface area contributed by atoms with E-state index in [1.807, 2.05) is 0 Å². The Morgan fingerprint density at radius 2 is 1.90 bits per heavy atom. The van der Waals surface area contributed by atoms with Gasteiger partial charge in [-0.05, 0) is 45.6 Å². The van der Waals surface area contributed by atoms with Crippen molar-refractivity contribution in [2.24, 2.45) is 17.6 Å². The Hall–Kier alpha value is -0.980. The van der Waals surface area contributed by atoms with E-state index >= 15 is 0 Å². The van der Waals surface area contributed by atoms with Crippen LogP contribution < -0.4 is 5.73 Å². The number of carbonyl (C=O) groups excluding carboxylic acids is 1. The van der Waals surface area contributed by atoms with E-state index in [0.29, 0.717) is 13.0 Å². The van der Waals surface area contributed by atoms with Crippen LogP contribution in [0.3, 0.4) is 0 Å². The summed E-state index contributed by atoms with van der Waals surface area (Å²) >= 11 is 0. The van der Waals surface area contributed by atoms with E-state index in [0.717, 1.165) is 0 Å². The van der Waals surface area contributed by atoms with Crippen molar-refractivity contribution in [2.45, 2.75) is 45.4 Å². The largest absolute Gasteiger partial charge is 0.444 e. The Kier molecular flexibility index (Phi) is 5.29. The first kappa shape index (κ1) is 17.1. The van der Waals surface area contributed by atoms with Crippen LogP contribution in [0.4, 0.5) is 18.0 Å². The first-order chi connectivity index (χ1) is 9.02. The molecule has 4 nitrogen and oxygen atoms in total. The monoisotopic (exact) mass is 296 g/mol. The zero-order valence-corrected chi connectivity index (χ0v) is 12.2. The molecule has 1 fully saturated rings. The highest BCUT2D eigenvalue weighted by atomic mass is 19.4. The minimum atomic E-state index is -4.24. The minimum absolute atomic E-state index is 0.0519. The number of amides is 1. The lowest BCUT2D eigenvalue weighted by atomic mass is 9.83. The third-order valence-corrected chi connectivity index (χ3v) is 3.34. The van der Waals surface area contributed by atoms with Gasteiger partial charge in [-0.1, -0.05) is 0 Å². The summed E-state index contributed by atoms with van der Waals surface area (Å²) < 4.78 is 42.9. The van der Waals surface area contributed by atoms with E-state index in [-0.39, 0.29) is 19.0 Å². The van der Waals surface area contributed by atoms with Crippen LogP contribution >= 0.6 is 0 Å². The fourth-order valence-electron chi connectivity index (χ4n) is 2.41. The van der Waals surface area contributed by atoms with E-state index in [4.69, 9.17) is 10.5 Å². The van der Waals surface area contributed by atoms with Crippen LogP contribution in [-0.2, 0) is 4.74 Å². The van der Waals surface area contributed by atoms with Crippen molar-refractivity contribution in [1.29, 1.82) is 0 Å². The molecule has 118 valence electrons. The second-order valence-corrected chi connectivity index (χ2v) is 6.29. The third-order valence-electron chi connectivity index (χ3n) is 3.34. The standard InChI is InChI=1S/C13H23F3N2O2/c1-12(2,3)20-11(19)18-5-4-9(7-17)10(8-18)6-13(14,15)16/h9-10H,4-8,17H2,1-3H3. The normalized spacial score (nSPS) is 24.6. The summed E-state index contributed by atoms with van der Waals surface area (Å²) in [6, 6.07) is 0. The molecule has 1 amide bonds. The lowest BCUT2D eigenvalue weighted by Gasteiger charge is -2.39. The average Bonchev–Trinajstić information content (AvgIpc) is 2.24. The molecular formula is C13H23F3N2O2. The second kappa shape index (κ2) is 6.20. The Morgan fingerprint density at radius 1 is 1.30 bits per heavy atom. The number of nitrogens with two attached hydrogens (primary N) is 1. The van der Waals surface area contributed by atoms with E-state index < -0.39 is 30.2 Å². The van der Waals surface area contributed by atoms with Gasteiger partial charge in [0.05, 0.1) is 0 Å². The molecule has 0 bridgehead atoms. The summed E-state index contributed by atoms with van der Waals surface area (Å²) in [6.07, 6.45) is -5.22. The number of piperidine rings is 1. The Bertz CT molecular complexity index is 339. The lowest BCUT2D eigenvalue weighted by Crippen LogP contribution is -2.48. The van der Waals surface area contributed by atoms with Crippen molar-refractivity contribution < 1.29 is 22.7 Å². The maximum absolute atomic E-state index is 12.6. The number of rotatable bonds is 2. The van der Waals surface area contributed by atoms with E-state index in [1.165, 1.54) is 4.90 Å². The van der Waals surface area contributed by atoms with Gasteiger partial charge in [0.15, 0.2) is 0 Å². The van der Waals surface area contributed by atoms with Crippen LogP contribution in [0.25, 0.3) is 0 Å². The maximum Gasteiger partial charge on any atom is 0.410 e. The van der Waals surface area contributed by atoms with Gasteiger partial charge in [0.1, 0.15) is 5.60 Å². The molecule has 0 saturated carbocycles. The van der Waals surface area contributed by atoms with Crippen LogP contribution in [0.15, 0.2) is 0 Å². The Morgan fingerprint density at radius 3 is 2.35 bits per heavy atom. The average molecular weight is 296 g/mol. The summed E-state index contributed by atoms with van der Waals surface area (Å²) in [7, 11) is 0. The van der Waals surface area contributed by atoms with Crippen LogP contribution in [0.5, 0.6) is 0 Å². The first-order valence-electron chi connectivity index (χ1n) is 6.76.